The molecule has 1 aliphatic heterocycles. The summed E-state index contributed by atoms with van der Waals surface area (Å²) in [5.74, 6) is -0.879. The number of hydrogen-bond donors (Lipinski definition) is 0. The van der Waals surface area contributed by atoms with E-state index >= 15 is 0 Å². The van der Waals surface area contributed by atoms with Crippen LogP contribution in [0.4, 0.5) is 0 Å². The number of rotatable bonds is 4. The van der Waals surface area contributed by atoms with Gasteiger partial charge in [0.2, 0.25) is 6.10 Å². The van der Waals surface area contributed by atoms with Crippen LogP contribution in [-0.2, 0) is 14.3 Å². The number of nitrogens with zero attached hydrogens (tertiary/aromatic N) is 1. The molecule has 6 heteroatoms. The molecule has 1 saturated heterocycles. The molecule has 1 fully saturated rings. The van der Waals surface area contributed by atoms with E-state index in [0.717, 1.165) is 0 Å². The van der Waals surface area contributed by atoms with Gasteiger partial charge in [-0.1, -0.05) is 54.1 Å². The van der Waals surface area contributed by atoms with E-state index in [1.54, 1.807) is 53.4 Å². The van der Waals surface area contributed by atoms with Crippen molar-refractivity contribution in [1.29, 1.82) is 0 Å². The van der Waals surface area contributed by atoms with Crippen molar-refractivity contribution in [3.63, 3.8) is 0 Å². The van der Waals surface area contributed by atoms with Gasteiger partial charge in [0, 0.05) is 18.7 Å². The summed E-state index contributed by atoms with van der Waals surface area (Å²) in [5.41, 5.74) is 0.860. The van der Waals surface area contributed by atoms with Crippen molar-refractivity contribution in [2.45, 2.75) is 6.10 Å². The van der Waals surface area contributed by atoms with Gasteiger partial charge in [0.1, 0.15) is 0 Å². The maximum absolute atomic E-state index is 12.9. The Balaban J connectivity index is 1.85. The van der Waals surface area contributed by atoms with Gasteiger partial charge in [0.05, 0.1) is 23.8 Å². The van der Waals surface area contributed by atoms with Crippen molar-refractivity contribution in [2.24, 2.45) is 0 Å². The Morgan fingerprint density at radius 1 is 1.00 bits per heavy atom. The van der Waals surface area contributed by atoms with Gasteiger partial charge in [-0.25, -0.2) is 4.79 Å². The van der Waals surface area contributed by atoms with Crippen LogP contribution in [0.1, 0.15) is 22.0 Å². The van der Waals surface area contributed by atoms with Crippen LogP contribution in [-0.4, -0.2) is 43.1 Å². The monoisotopic (exact) mass is 359 g/mol. The van der Waals surface area contributed by atoms with E-state index in [2.05, 4.69) is 0 Å². The fraction of sp³-hybridized carbons (Fsp3) is 0.263. The second-order valence-corrected chi connectivity index (χ2v) is 6.02. The zero-order valence-electron chi connectivity index (χ0n) is 13.6. The second kappa shape index (κ2) is 8.14. The number of benzene rings is 2. The Hall–Kier alpha value is -2.37. The molecule has 25 heavy (non-hydrogen) atoms. The third kappa shape index (κ3) is 4.18. The predicted molar refractivity (Wildman–Crippen MR) is 93.4 cm³/mol. The third-order valence-electron chi connectivity index (χ3n) is 3.97. The molecule has 0 unspecified atom stereocenters. The zero-order chi connectivity index (χ0) is 17.6. The van der Waals surface area contributed by atoms with E-state index in [1.807, 2.05) is 6.07 Å². The van der Waals surface area contributed by atoms with Gasteiger partial charge in [-0.05, 0) is 12.1 Å². The fourth-order valence-electron chi connectivity index (χ4n) is 2.64. The molecule has 0 aliphatic carbocycles. The molecule has 3 rings (SSSR count). The standard InChI is InChI=1S/C19H18ClNO4/c20-16-9-5-4-8-15(16)19(23)25-17(14-6-2-1-3-7-14)18(22)21-10-12-24-13-11-21/h1-9,17H,10-13H2/t17-/m1/s1. The van der Waals surface area contributed by atoms with Crippen LogP contribution in [0, 0.1) is 0 Å². The summed E-state index contributed by atoms with van der Waals surface area (Å²) in [7, 11) is 0. The van der Waals surface area contributed by atoms with Gasteiger partial charge in [-0.15, -0.1) is 0 Å². The molecule has 1 amide bonds. The largest absolute Gasteiger partial charge is 0.444 e. The number of carbonyl (C=O) groups is 2. The van der Waals surface area contributed by atoms with Crippen molar-refractivity contribution in [2.75, 3.05) is 26.3 Å². The van der Waals surface area contributed by atoms with Crippen LogP contribution in [0.15, 0.2) is 54.6 Å². The molecule has 130 valence electrons. The SMILES string of the molecule is O=C(O[C@@H](C(=O)N1CCOCC1)c1ccccc1)c1ccccc1Cl. The van der Waals surface area contributed by atoms with Crippen LogP contribution in [0.5, 0.6) is 0 Å². The number of morpholine rings is 1. The fourth-order valence-corrected chi connectivity index (χ4v) is 2.85. The number of carbonyl (C=O) groups excluding carboxylic acids is 2. The lowest BCUT2D eigenvalue weighted by Gasteiger charge is -2.30. The molecule has 1 aliphatic rings. The van der Waals surface area contributed by atoms with Crippen LogP contribution in [0.3, 0.4) is 0 Å². The highest BCUT2D eigenvalue weighted by molar-refractivity contribution is 6.33. The van der Waals surface area contributed by atoms with Crippen molar-refractivity contribution >= 4 is 23.5 Å². The molecule has 2 aromatic carbocycles. The first kappa shape index (κ1) is 17.5. The second-order valence-electron chi connectivity index (χ2n) is 5.61. The van der Waals surface area contributed by atoms with E-state index in [1.165, 1.54) is 0 Å². The summed E-state index contributed by atoms with van der Waals surface area (Å²) in [6.45, 7) is 1.91. The Morgan fingerprint density at radius 2 is 1.64 bits per heavy atom. The molecule has 0 spiro atoms. The number of amides is 1. The summed E-state index contributed by atoms with van der Waals surface area (Å²) in [6, 6.07) is 15.6. The van der Waals surface area contributed by atoms with Crippen LogP contribution in [0.25, 0.3) is 0 Å². The van der Waals surface area contributed by atoms with Gasteiger partial charge in [-0.2, -0.15) is 0 Å². The van der Waals surface area contributed by atoms with Gasteiger partial charge in [0.25, 0.3) is 5.91 Å². The molecule has 0 aromatic heterocycles. The Bertz CT molecular complexity index is 744. The molecule has 2 aromatic rings. The smallest absolute Gasteiger partial charge is 0.340 e. The summed E-state index contributed by atoms with van der Waals surface area (Å²) >= 11 is 6.06. The lowest BCUT2D eigenvalue weighted by molar-refractivity contribution is -0.145. The van der Waals surface area contributed by atoms with E-state index in [0.29, 0.717) is 31.9 Å². The topological polar surface area (TPSA) is 55.8 Å². The van der Waals surface area contributed by atoms with Crippen molar-refractivity contribution in [3.8, 4) is 0 Å². The maximum atomic E-state index is 12.9. The molecule has 1 heterocycles. The van der Waals surface area contributed by atoms with E-state index in [4.69, 9.17) is 21.1 Å². The Kier molecular flexibility index (Phi) is 5.68. The number of hydrogen-bond acceptors (Lipinski definition) is 4. The average molecular weight is 360 g/mol. The van der Waals surface area contributed by atoms with E-state index in [9.17, 15) is 9.59 Å². The summed E-state index contributed by atoms with van der Waals surface area (Å²) in [4.78, 5) is 27.1. The first-order chi connectivity index (χ1) is 12.2. The Labute approximate surface area is 151 Å². The molecule has 0 N–H and O–H groups in total. The molecular weight excluding hydrogens is 342 g/mol. The Morgan fingerprint density at radius 3 is 2.32 bits per heavy atom. The van der Waals surface area contributed by atoms with Crippen molar-refractivity contribution in [1.82, 2.24) is 4.90 Å². The van der Waals surface area contributed by atoms with Gasteiger partial charge >= 0.3 is 5.97 Å². The summed E-state index contributed by atoms with van der Waals surface area (Å²) in [5, 5.41) is 0.290. The van der Waals surface area contributed by atoms with Crippen LogP contribution >= 0.6 is 11.6 Å². The lowest BCUT2D eigenvalue weighted by atomic mass is 10.1. The minimum Gasteiger partial charge on any atom is -0.444 e. The lowest BCUT2D eigenvalue weighted by Crippen LogP contribution is -2.44. The zero-order valence-corrected chi connectivity index (χ0v) is 14.3. The van der Waals surface area contributed by atoms with Gasteiger partial charge in [-0.3, -0.25) is 4.79 Å². The minimum absolute atomic E-state index is 0.236. The predicted octanol–water partition coefficient (Wildman–Crippen LogP) is 3.10. The van der Waals surface area contributed by atoms with Crippen LogP contribution in [0.2, 0.25) is 5.02 Å². The van der Waals surface area contributed by atoms with E-state index < -0.39 is 12.1 Å². The van der Waals surface area contributed by atoms with Gasteiger partial charge < -0.3 is 14.4 Å². The molecule has 0 saturated carbocycles. The normalized spacial score (nSPS) is 15.5. The first-order valence-corrected chi connectivity index (χ1v) is 8.41. The van der Waals surface area contributed by atoms with Crippen molar-refractivity contribution < 1.29 is 19.1 Å². The molecule has 0 bridgehead atoms. The summed E-state index contributed by atoms with van der Waals surface area (Å²) < 4.78 is 10.8. The first-order valence-electron chi connectivity index (χ1n) is 8.04. The highest BCUT2D eigenvalue weighted by Crippen LogP contribution is 2.24. The molecule has 5 nitrogen and oxygen atoms in total. The third-order valence-corrected chi connectivity index (χ3v) is 4.30. The summed E-state index contributed by atoms with van der Waals surface area (Å²) in [6.07, 6.45) is -1.01. The van der Waals surface area contributed by atoms with Crippen LogP contribution < -0.4 is 0 Å². The maximum Gasteiger partial charge on any atom is 0.340 e. The molecular formula is C19H18ClNO4. The quantitative estimate of drug-likeness (QED) is 0.787. The molecule has 0 radical (unpaired) electrons. The van der Waals surface area contributed by atoms with Gasteiger partial charge in [0.15, 0.2) is 0 Å². The highest BCUT2D eigenvalue weighted by Gasteiger charge is 2.31. The number of ether oxygens (including phenoxy) is 2. The highest BCUT2D eigenvalue weighted by atomic mass is 35.5. The minimum atomic E-state index is -1.01. The molecule has 1 atom stereocenters. The number of esters is 1. The van der Waals surface area contributed by atoms with E-state index in [-0.39, 0.29) is 16.5 Å². The average Bonchev–Trinajstić information content (AvgIpc) is 2.67. The number of halogens is 1. The van der Waals surface area contributed by atoms with Crippen molar-refractivity contribution in [3.05, 3.63) is 70.7 Å².